The SMILES string of the molecule is CC=CC[C@@H](C)[C@@H](O)[C@H]1C(=O)N[C@@H](CC)C(=O)N(C)CC(=O)N(C)[C@@H]([C@@H](C)OCCCC=NOCc2ccc3oc(N)nc3c2)C(=O)N[C@@H](C(C)C)C(=O)N(C)[C@@H](CC(C)C)C(=O)N[C@@H](C)C(=O)N[C@H](C)C(=O)N(C)[C@@H](CC(C)C)C(=O)N(C)[C@H](CC(C)C)C(=O)N(C)[C@@H](C(C)C)C(=O)N1C. The molecule has 2 aromatic rings. The van der Waals surface area contributed by atoms with Crippen LogP contribution >= 0.6 is 0 Å². The molecule has 0 radical (unpaired) electrons. The summed E-state index contributed by atoms with van der Waals surface area (Å²) in [5, 5.41) is 27.3. The van der Waals surface area contributed by atoms with Crippen LogP contribution in [0.3, 0.4) is 0 Å². The van der Waals surface area contributed by atoms with E-state index in [4.69, 9.17) is 19.7 Å². The van der Waals surface area contributed by atoms with E-state index in [0.29, 0.717) is 23.9 Å². The van der Waals surface area contributed by atoms with Gasteiger partial charge in [0.15, 0.2) is 5.58 Å². The molecule has 101 heavy (non-hydrogen) atoms. The maximum Gasteiger partial charge on any atom is 0.292 e. The molecule has 1 fully saturated rings. The lowest BCUT2D eigenvalue weighted by Gasteiger charge is -2.41. The predicted molar refractivity (Wildman–Crippen MR) is 385 cm³/mol. The number of aliphatic hydroxyl groups excluding tert-OH is 1. The smallest absolute Gasteiger partial charge is 0.292 e. The second kappa shape index (κ2) is 40.4. The minimum Gasteiger partial charge on any atom is -0.424 e. The molecule has 1 aliphatic heterocycles. The van der Waals surface area contributed by atoms with E-state index in [1.165, 1.54) is 82.8 Å². The average Bonchev–Trinajstić information content (AvgIpc) is 1.41. The first-order valence-corrected chi connectivity index (χ1v) is 35.4. The predicted octanol–water partition coefficient (Wildman–Crippen LogP) is 4.33. The van der Waals surface area contributed by atoms with Gasteiger partial charge in [-0.2, -0.15) is 4.98 Å². The molecule has 7 N–H and O–H groups in total. The van der Waals surface area contributed by atoms with Gasteiger partial charge in [0.05, 0.1) is 18.8 Å². The molecule has 1 saturated heterocycles. The highest BCUT2D eigenvalue weighted by atomic mass is 16.6. The highest BCUT2D eigenvalue weighted by Crippen LogP contribution is 2.26. The number of fused-ring (bicyclic) bond motifs is 1. The molecule has 2 heterocycles. The van der Waals surface area contributed by atoms with E-state index in [0.717, 1.165) is 20.3 Å². The number of likely N-dealkylation sites (N-methyl/N-ethyl adjacent to an activating group) is 7. The molecular weight excluding hydrogens is 1300 g/mol. The normalized spacial score (nSPS) is 24.9. The Hall–Kier alpha value is -8.21. The third kappa shape index (κ3) is 24.5. The Labute approximate surface area is 598 Å². The number of nitrogens with two attached hydrogens (primary N) is 1. The van der Waals surface area contributed by atoms with Crippen molar-refractivity contribution >= 4 is 88.3 Å². The molecule has 0 unspecified atom stereocenters. The van der Waals surface area contributed by atoms with Crippen LogP contribution in [0.15, 0.2) is 39.9 Å². The molecule has 1 aromatic carbocycles. The van der Waals surface area contributed by atoms with E-state index in [2.05, 4.69) is 31.4 Å². The van der Waals surface area contributed by atoms with Crippen LogP contribution in [0.2, 0.25) is 0 Å². The number of hydrogen-bond donors (Lipinski definition) is 6. The van der Waals surface area contributed by atoms with Crippen molar-refractivity contribution in [2.24, 2.45) is 40.7 Å². The van der Waals surface area contributed by atoms with Crippen molar-refractivity contribution in [1.29, 1.82) is 0 Å². The minimum atomic E-state index is -1.66. The van der Waals surface area contributed by atoms with Crippen LogP contribution in [0.4, 0.5) is 6.01 Å². The molecule has 29 heteroatoms. The Bertz CT molecular complexity index is 3190. The van der Waals surface area contributed by atoms with Crippen LogP contribution < -0.4 is 27.0 Å². The zero-order valence-electron chi connectivity index (χ0n) is 64.2. The zero-order chi connectivity index (χ0) is 76.8. The molecule has 29 nitrogen and oxygen atoms in total. The van der Waals surface area contributed by atoms with E-state index in [-0.39, 0.29) is 69.1 Å². The summed E-state index contributed by atoms with van der Waals surface area (Å²) >= 11 is 0. The highest BCUT2D eigenvalue weighted by Gasteiger charge is 2.46. The largest absolute Gasteiger partial charge is 0.424 e. The summed E-state index contributed by atoms with van der Waals surface area (Å²) in [4.78, 5) is 181. The van der Waals surface area contributed by atoms with E-state index < -0.39 is 162 Å². The average molecular weight is 1420 g/mol. The Balaban J connectivity index is 2.24. The number of aliphatic hydroxyl groups is 1. The number of oxime groups is 1. The van der Waals surface area contributed by atoms with Gasteiger partial charge < -0.3 is 80.4 Å². The van der Waals surface area contributed by atoms with E-state index in [1.807, 2.05) is 41.5 Å². The first-order valence-electron chi connectivity index (χ1n) is 35.4. The molecule has 13 atom stereocenters. The number of nitrogens with zero attached hydrogens (tertiary/aromatic N) is 9. The molecule has 1 aromatic heterocycles. The first kappa shape index (κ1) is 87.0. The van der Waals surface area contributed by atoms with Crippen LogP contribution in [0.5, 0.6) is 0 Å². The molecule has 1 aliphatic rings. The number of amides is 11. The van der Waals surface area contributed by atoms with E-state index >= 15 is 19.2 Å². The number of aromatic nitrogens is 1. The summed E-state index contributed by atoms with van der Waals surface area (Å²) in [6.07, 6.45) is 3.88. The number of allylic oxidation sites excluding steroid dienone is 2. The minimum absolute atomic E-state index is 0.0284. The van der Waals surface area contributed by atoms with Gasteiger partial charge >= 0.3 is 0 Å². The van der Waals surface area contributed by atoms with Gasteiger partial charge in [0.25, 0.3) is 6.01 Å². The Morgan fingerprint density at radius 3 is 1.71 bits per heavy atom. The first-order chi connectivity index (χ1) is 47.1. The van der Waals surface area contributed by atoms with Crippen molar-refractivity contribution in [1.82, 2.24) is 60.6 Å². The molecule has 0 saturated carbocycles. The maximum absolute atomic E-state index is 15.3. The number of nitrogen functional groups attached to an aromatic ring is 1. The number of ether oxygens (including phenoxy) is 1. The van der Waals surface area contributed by atoms with Crippen molar-refractivity contribution in [2.75, 3.05) is 68.2 Å². The van der Waals surface area contributed by atoms with Crippen LogP contribution in [-0.2, 0) is 68.9 Å². The fourth-order valence-corrected chi connectivity index (χ4v) is 12.3. The van der Waals surface area contributed by atoms with E-state index in [9.17, 15) is 38.7 Å². The van der Waals surface area contributed by atoms with Crippen molar-refractivity contribution in [3.05, 3.63) is 35.9 Å². The number of nitrogens with one attached hydrogen (secondary N) is 4. The van der Waals surface area contributed by atoms with Crippen LogP contribution in [0.25, 0.3) is 11.1 Å². The Kier molecular flexibility index (Phi) is 34.8. The van der Waals surface area contributed by atoms with Gasteiger partial charge in [-0.25, -0.2) is 0 Å². The maximum atomic E-state index is 15.3. The number of unbranched alkanes of at least 4 members (excludes halogenated alkanes) is 1. The molecular formula is C72H120N14O15. The van der Waals surface area contributed by atoms with Crippen molar-refractivity contribution < 1.29 is 71.8 Å². The van der Waals surface area contributed by atoms with Gasteiger partial charge in [-0.3, -0.25) is 52.7 Å². The second-order valence-electron chi connectivity index (χ2n) is 29.0. The van der Waals surface area contributed by atoms with Crippen LogP contribution in [0.1, 0.15) is 161 Å². The van der Waals surface area contributed by atoms with Crippen molar-refractivity contribution in [3.8, 4) is 0 Å². The summed E-state index contributed by atoms with van der Waals surface area (Å²) in [5.74, 6) is -10.4. The monoisotopic (exact) mass is 1420 g/mol. The fraction of sp³-hybridized carbons (Fsp3) is 0.708. The van der Waals surface area contributed by atoms with Crippen molar-refractivity contribution in [2.45, 2.75) is 235 Å². The summed E-state index contributed by atoms with van der Waals surface area (Å²) in [7, 11) is 9.74. The number of carbonyl (C=O) groups excluding carboxylic acids is 11. The van der Waals surface area contributed by atoms with Gasteiger partial charge in [0, 0.05) is 62.2 Å². The van der Waals surface area contributed by atoms with Crippen LogP contribution in [-0.4, -0.2) is 251 Å². The summed E-state index contributed by atoms with van der Waals surface area (Å²) in [5.41, 5.74) is 7.56. The molecule has 0 spiro atoms. The number of anilines is 1. The van der Waals surface area contributed by atoms with Gasteiger partial charge in [-0.15, -0.1) is 0 Å². The third-order valence-corrected chi connectivity index (χ3v) is 18.4. The van der Waals surface area contributed by atoms with E-state index in [1.54, 1.807) is 92.0 Å². The molecule has 568 valence electrons. The quantitative estimate of drug-likeness (QED) is 0.0413. The van der Waals surface area contributed by atoms with Crippen molar-refractivity contribution in [3.63, 3.8) is 0 Å². The third-order valence-electron chi connectivity index (χ3n) is 18.4. The lowest BCUT2D eigenvalue weighted by molar-refractivity contribution is -0.157. The number of benzene rings is 1. The highest BCUT2D eigenvalue weighted by molar-refractivity contribution is 6.00. The summed E-state index contributed by atoms with van der Waals surface area (Å²) in [6, 6.07) is -7.81. The topological polar surface area (TPSA) is 362 Å². The standard InChI is InChI=1S/C72H120N14O15/c1-24-26-29-45(13)61(88)60-65(92)77-50(25-2)67(94)80(17)38-56(87)84(21)59(48(16)99-33-28-27-32-74-100-39-49-30-31-55-51(37-49)78-72(73)101-55)64(91)79-57(43(9)10)70(97)81(18)52(34-40(3)4)63(90)75-46(14)62(89)76-47(15)66(93)82(19)53(35-41(5)6)68(95)83(20)54(36-42(7)8)69(96)85(22)58(44(11)12)71(98)86(60)23/h24,26,30-32,37,40-48,50,52-54,57-61,88H,25,27-29,33-36,38-39H2,1-23H3,(H2,73,78)(H,75,90)(H,76,89)(H,77,92)(H,79,91)/t45-,46+,47-,48-,50+,52+,53+,54-,57+,58+,59+,60+,61-/m1/s1. The molecule has 0 aliphatic carbocycles. The molecule has 0 bridgehead atoms. The number of rotatable bonds is 22. The van der Waals surface area contributed by atoms with Crippen LogP contribution in [0, 0.1) is 35.5 Å². The van der Waals surface area contributed by atoms with Gasteiger partial charge in [0.1, 0.15) is 72.5 Å². The summed E-state index contributed by atoms with van der Waals surface area (Å²) < 4.78 is 11.6. The number of oxazole rings is 1. The van der Waals surface area contributed by atoms with Gasteiger partial charge in [-0.1, -0.05) is 106 Å². The second-order valence-corrected chi connectivity index (χ2v) is 29.0. The molecule has 3 rings (SSSR count). The molecule has 11 amide bonds. The lowest BCUT2D eigenvalue weighted by atomic mass is 9.91. The number of hydrogen-bond acceptors (Lipinski definition) is 18. The zero-order valence-corrected chi connectivity index (χ0v) is 64.2. The Morgan fingerprint density at radius 2 is 1.16 bits per heavy atom. The fourth-order valence-electron chi connectivity index (χ4n) is 12.3. The Morgan fingerprint density at radius 1 is 0.624 bits per heavy atom. The number of carbonyl (C=O) groups is 11. The lowest BCUT2D eigenvalue weighted by Crippen LogP contribution is -2.63. The summed E-state index contributed by atoms with van der Waals surface area (Å²) in [6.45, 7) is 27.0. The van der Waals surface area contributed by atoms with Gasteiger partial charge in [-0.05, 0) is 126 Å². The van der Waals surface area contributed by atoms with Gasteiger partial charge in [0.2, 0.25) is 65.0 Å².